The van der Waals surface area contributed by atoms with Crippen LogP contribution in [0.4, 0.5) is 0 Å². The normalized spacial score (nSPS) is 8.00. The minimum atomic E-state index is 0. The van der Waals surface area contributed by atoms with Gasteiger partial charge in [-0.05, 0) is 61.1 Å². The van der Waals surface area contributed by atoms with Gasteiger partial charge in [-0.3, -0.25) is 9.97 Å². The molecule has 0 unspecified atom stereocenters. The average molecular weight is 478 g/mol. The smallest absolute Gasteiger partial charge is 0.696 e. The topological polar surface area (TPSA) is 73.4 Å². The fraction of sp³-hybridized carbons (Fsp3) is 0.455. The molecule has 2 aromatic heterocycles. The minimum Gasteiger partial charge on any atom is -0.696 e. The maximum atomic E-state index is 7.13. The Hall–Kier alpha value is -1.76. The van der Waals surface area contributed by atoms with Crippen molar-refractivity contribution in [3.8, 4) is 10.8 Å². The van der Waals surface area contributed by atoms with Crippen LogP contribution in [0, 0.1) is 21.3 Å². The summed E-state index contributed by atoms with van der Waals surface area (Å²) in [5.41, 5.74) is 2.82. The number of rotatable bonds is 8. The number of aryl methyl sites for hydroxylation is 2. The van der Waals surface area contributed by atoms with Crippen molar-refractivity contribution in [1.29, 1.82) is 10.5 Å². The molecule has 2 aromatic rings. The number of nitriles is 2. The second-order valence-corrected chi connectivity index (χ2v) is 6.17. The van der Waals surface area contributed by atoms with Crippen molar-refractivity contribution in [3.05, 3.63) is 60.2 Å². The first kappa shape index (κ1) is 31.9. The summed E-state index contributed by atoms with van der Waals surface area (Å²) in [6.07, 6.45) is 17.7. The minimum absolute atomic E-state index is 0. The summed E-state index contributed by atoms with van der Waals surface area (Å²) >= 11 is 7.40. The largest absolute Gasteiger partial charge is 2.00 e. The first-order valence-corrected chi connectivity index (χ1v) is 10.3. The Morgan fingerprint density at radius 3 is 1.21 bits per heavy atom. The number of hydrogen-bond donors (Lipinski definition) is 0. The van der Waals surface area contributed by atoms with Gasteiger partial charge in [0.25, 0.3) is 0 Å². The van der Waals surface area contributed by atoms with Crippen LogP contribution in [0.5, 0.6) is 0 Å². The van der Waals surface area contributed by atoms with Crippen LogP contribution in [-0.2, 0) is 55.2 Å². The zero-order chi connectivity index (χ0) is 21.3. The van der Waals surface area contributed by atoms with Gasteiger partial charge in [0.05, 0.1) is 0 Å². The van der Waals surface area contributed by atoms with Crippen LogP contribution < -0.4 is 0 Å². The van der Waals surface area contributed by atoms with Crippen LogP contribution >= 0.6 is 0 Å². The van der Waals surface area contributed by atoms with Gasteiger partial charge in [0, 0.05) is 24.8 Å². The third-order valence-electron chi connectivity index (χ3n) is 3.64. The van der Waals surface area contributed by atoms with Gasteiger partial charge in [-0.15, -0.1) is 0 Å². The molecule has 0 amide bonds. The molecule has 0 aliphatic heterocycles. The van der Waals surface area contributed by atoms with E-state index in [0.29, 0.717) is 0 Å². The van der Waals surface area contributed by atoms with Gasteiger partial charge >= 0.3 is 17.1 Å². The van der Waals surface area contributed by atoms with Gasteiger partial charge < -0.3 is 25.3 Å². The molecule has 0 spiro atoms. The average Bonchev–Trinajstić information content (AvgIpc) is 2.72. The van der Waals surface area contributed by atoms with Crippen LogP contribution in [0.2, 0.25) is 0 Å². The third kappa shape index (κ3) is 26.2. The monoisotopic (exact) mass is 477 g/mol. The van der Waals surface area contributed by atoms with E-state index in [2.05, 4.69) is 73.3 Å². The number of aromatic nitrogens is 2. The van der Waals surface area contributed by atoms with Gasteiger partial charge in [0.2, 0.25) is 0 Å². The summed E-state index contributed by atoms with van der Waals surface area (Å²) in [6, 6.07) is 8.37. The molecule has 0 N–H and O–H groups in total. The second-order valence-electron chi connectivity index (χ2n) is 5.81. The molecule has 0 aliphatic carbocycles. The molecule has 0 fully saturated rings. The van der Waals surface area contributed by atoms with Crippen LogP contribution in [0.25, 0.3) is 0 Å². The molecule has 0 aliphatic rings. The van der Waals surface area contributed by atoms with Crippen molar-refractivity contribution >= 4 is 25.3 Å². The predicted molar refractivity (Wildman–Crippen MR) is 121 cm³/mol. The maximum Gasteiger partial charge on any atom is 2.00 e. The first-order chi connectivity index (χ1) is 13.7. The van der Waals surface area contributed by atoms with Gasteiger partial charge in [-0.2, -0.15) is 0 Å². The Morgan fingerprint density at radius 2 is 0.966 bits per heavy atom. The number of hydrogen-bond acceptors (Lipinski definition) is 6. The van der Waals surface area contributed by atoms with Crippen molar-refractivity contribution in [2.75, 3.05) is 0 Å². The van der Waals surface area contributed by atoms with E-state index in [4.69, 9.17) is 10.5 Å². The van der Waals surface area contributed by atoms with Crippen molar-refractivity contribution in [2.45, 2.75) is 65.2 Å². The van der Waals surface area contributed by atoms with E-state index in [1.54, 1.807) is 0 Å². The molecule has 4 nitrogen and oxygen atoms in total. The number of unbranched alkanes of at least 4 members (excludes halogenated alkanes) is 4. The predicted octanol–water partition coefficient (Wildman–Crippen LogP) is 5.65. The van der Waals surface area contributed by atoms with E-state index in [-0.39, 0.29) is 17.1 Å². The van der Waals surface area contributed by atoms with Crippen molar-refractivity contribution < 1.29 is 17.1 Å². The summed E-state index contributed by atoms with van der Waals surface area (Å²) < 4.78 is 0. The quantitative estimate of drug-likeness (QED) is 0.211. The van der Waals surface area contributed by atoms with Crippen LogP contribution in [0.3, 0.4) is 0 Å². The molecule has 2 heterocycles. The molecular weight excluding hydrogens is 448 g/mol. The second kappa shape index (κ2) is 28.4. The summed E-state index contributed by atoms with van der Waals surface area (Å²) in [6.45, 7) is 4.46. The molecule has 7 heteroatoms. The molecule has 29 heavy (non-hydrogen) atoms. The van der Waals surface area contributed by atoms with Crippen molar-refractivity contribution in [3.63, 3.8) is 0 Å². The van der Waals surface area contributed by atoms with Crippen LogP contribution in [-0.4, -0.2) is 9.97 Å². The molecule has 2 rings (SSSR count). The fourth-order valence-corrected chi connectivity index (χ4v) is 2.26. The van der Waals surface area contributed by atoms with Crippen molar-refractivity contribution in [2.24, 2.45) is 0 Å². The summed E-state index contributed by atoms with van der Waals surface area (Å²) in [7, 11) is 0. The summed E-state index contributed by atoms with van der Waals surface area (Å²) in [4.78, 5) is 7.95. The van der Waals surface area contributed by atoms with E-state index >= 15 is 0 Å². The zero-order valence-electron chi connectivity index (χ0n) is 17.2. The standard InChI is InChI=1S/2C10H15N.2CHNS.Cu/c2*1-2-3-4-5-10-6-8-11-9-7-10;2*2-1-3;/h2*6-9H,2-5H2,1H3;2*3H;/q;;;;+2/p-2. The van der Waals surface area contributed by atoms with Gasteiger partial charge in [0.1, 0.15) is 0 Å². The van der Waals surface area contributed by atoms with Crippen LogP contribution in [0.1, 0.15) is 63.5 Å². The first-order valence-electron chi connectivity index (χ1n) is 9.50. The van der Waals surface area contributed by atoms with E-state index in [1.165, 1.54) is 73.3 Å². The Morgan fingerprint density at radius 1 is 0.690 bits per heavy atom. The Kier molecular flexibility index (Phi) is 31.3. The number of pyridine rings is 2. The Labute approximate surface area is 198 Å². The molecule has 0 aromatic carbocycles. The molecule has 0 saturated carbocycles. The summed E-state index contributed by atoms with van der Waals surface area (Å²) in [5.74, 6) is 0. The van der Waals surface area contributed by atoms with E-state index in [0.717, 1.165) is 0 Å². The van der Waals surface area contributed by atoms with Gasteiger partial charge in [-0.1, -0.05) is 50.3 Å². The Balaban J connectivity index is -0.000000358. The van der Waals surface area contributed by atoms with Gasteiger partial charge in [0.15, 0.2) is 0 Å². The van der Waals surface area contributed by atoms with E-state index in [9.17, 15) is 0 Å². The molecular formula is C22H30CuN4S2. The van der Waals surface area contributed by atoms with Crippen molar-refractivity contribution in [1.82, 2.24) is 9.97 Å². The number of thiocyanates is 2. The molecule has 0 bridgehead atoms. The summed E-state index contributed by atoms with van der Waals surface area (Å²) in [5, 5.41) is 16.9. The number of nitrogens with zero attached hydrogens (tertiary/aromatic N) is 4. The fourth-order valence-electron chi connectivity index (χ4n) is 2.26. The van der Waals surface area contributed by atoms with E-state index in [1.807, 2.05) is 24.8 Å². The Bertz CT molecular complexity index is 571. The molecule has 161 valence electrons. The zero-order valence-corrected chi connectivity index (χ0v) is 19.8. The maximum absolute atomic E-state index is 7.13. The van der Waals surface area contributed by atoms with Crippen LogP contribution in [0.15, 0.2) is 49.1 Å². The molecule has 1 radical (unpaired) electrons. The third-order valence-corrected chi connectivity index (χ3v) is 3.64. The molecule has 0 saturated heterocycles. The van der Waals surface area contributed by atoms with E-state index < -0.39 is 0 Å². The SMILES string of the molecule is CCCCCc1ccncc1.CCCCCc1ccncc1.N#C[S-].N#C[S-].[Cu+2]. The van der Waals surface area contributed by atoms with Gasteiger partial charge in [-0.25, -0.2) is 10.5 Å². The molecule has 0 atom stereocenters.